The minimum atomic E-state index is 0. The summed E-state index contributed by atoms with van der Waals surface area (Å²) < 4.78 is 5.24. The van der Waals surface area contributed by atoms with Gasteiger partial charge in [-0.1, -0.05) is 0 Å². The lowest BCUT2D eigenvalue weighted by Crippen LogP contribution is -1.87. The standard InChI is InChI=1S/C20H16N4OS.ClH/c1-25-14-4-2-11(3-5-14)19-16-8-18-15(20(16)24-23-19)7-17(26-18)12-6-13(21)10-22-9-12;/h2-7,9-10H,8,21H2,1H3,(H,23,24);1H. The number of pyridine rings is 1. The molecule has 3 heterocycles. The number of ether oxygens (including phenoxy) is 1. The number of H-pyrrole nitrogens is 1. The number of halogens is 1. The number of rotatable bonds is 3. The number of nitrogens with zero attached hydrogens (tertiary/aromatic N) is 2. The Kier molecular flexibility index (Phi) is 4.37. The summed E-state index contributed by atoms with van der Waals surface area (Å²) >= 11 is 1.79. The molecule has 4 aromatic rings. The van der Waals surface area contributed by atoms with Crippen LogP contribution >= 0.6 is 23.7 Å². The molecule has 0 spiro atoms. The molecule has 0 saturated heterocycles. The zero-order chi connectivity index (χ0) is 17.7. The van der Waals surface area contributed by atoms with Crippen molar-refractivity contribution in [2.75, 3.05) is 12.8 Å². The smallest absolute Gasteiger partial charge is 0.118 e. The highest BCUT2D eigenvalue weighted by Gasteiger charge is 2.27. The van der Waals surface area contributed by atoms with Gasteiger partial charge in [0.25, 0.3) is 0 Å². The van der Waals surface area contributed by atoms with Gasteiger partial charge in [0, 0.05) is 50.8 Å². The molecule has 1 aliphatic rings. The minimum Gasteiger partial charge on any atom is -0.497 e. The fraction of sp³-hybridized carbons (Fsp3) is 0.100. The molecule has 3 aromatic heterocycles. The topological polar surface area (TPSA) is 76.8 Å². The van der Waals surface area contributed by atoms with Crippen LogP contribution in [0.2, 0.25) is 0 Å². The fourth-order valence-corrected chi connectivity index (χ4v) is 4.57. The van der Waals surface area contributed by atoms with Crippen molar-refractivity contribution in [3.8, 4) is 38.7 Å². The summed E-state index contributed by atoms with van der Waals surface area (Å²) in [5.74, 6) is 0.848. The number of anilines is 1. The van der Waals surface area contributed by atoms with Crippen LogP contribution in [0.3, 0.4) is 0 Å². The maximum Gasteiger partial charge on any atom is 0.118 e. The van der Waals surface area contributed by atoms with Crippen LogP contribution in [-0.2, 0) is 6.42 Å². The average Bonchev–Trinajstić information content (AvgIpc) is 3.33. The van der Waals surface area contributed by atoms with Crippen LogP contribution in [0, 0.1) is 0 Å². The molecular weight excluding hydrogens is 380 g/mol. The van der Waals surface area contributed by atoms with Gasteiger partial charge in [-0.3, -0.25) is 10.1 Å². The van der Waals surface area contributed by atoms with E-state index < -0.39 is 0 Å². The number of aromatic nitrogens is 3. The van der Waals surface area contributed by atoms with Gasteiger partial charge in [0.15, 0.2) is 0 Å². The Hall–Kier alpha value is -2.83. The number of nitrogen functional groups attached to an aromatic ring is 1. The maximum absolute atomic E-state index is 5.87. The van der Waals surface area contributed by atoms with Gasteiger partial charge < -0.3 is 10.5 Å². The van der Waals surface area contributed by atoms with Crippen molar-refractivity contribution < 1.29 is 4.74 Å². The van der Waals surface area contributed by atoms with Gasteiger partial charge in [-0.25, -0.2) is 0 Å². The van der Waals surface area contributed by atoms with E-state index in [1.165, 1.54) is 20.9 Å². The summed E-state index contributed by atoms with van der Waals surface area (Å²) in [7, 11) is 1.67. The minimum absolute atomic E-state index is 0. The Bertz CT molecular complexity index is 1120. The molecule has 27 heavy (non-hydrogen) atoms. The van der Waals surface area contributed by atoms with Crippen LogP contribution < -0.4 is 10.5 Å². The van der Waals surface area contributed by atoms with E-state index in [9.17, 15) is 0 Å². The third-order valence-electron chi connectivity index (χ3n) is 4.69. The molecule has 0 aliphatic heterocycles. The number of methoxy groups -OCH3 is 1. The summed E-state index contributed by atoms with van der Waals surface area (Å²) in [6.45, 7) is 0. The number of hydrogen-bond acceptors (Lipinski definition) is 5. The number of nitrogens with two attached hydrogens (primary N) is 1. The Labute approximate surface area is 166 Å². The van der Waals surface area contributed by atoms with Gasteiger partial charge in [0.1, 0.15) is 5.75 Å². The fourth-order valence-electron chi connectivity index (χ4n) is 3.41. The van der Waals surface area contributed by atoms with E-state index in [2.05, 4.69) is 21.2 Å². The van der Waals surface area contributed by atoms with Crippen LogP contribution in [-0.4, -0.2) is 22.3 Å². The predicted molar refractivity (Wildman–Crippen MR) is 112 cm³/mol. The number of hydrogen-bond donors (Lipinski definition) is 2. The summed E-state index contributed by atoms with van der Waals surface area (Å²) in [6.07, 6.45) is 4.41. The second kappa shape index (κ2) is 6.72. The highest BCUT2D eigenvalue weighted by Crippen LogP contribution is 2.46. The molecule has 7 heteroatoms. The lowest BCUT2D eigenvalue weighted by atomic mass is 10.1. The molecule has 136 valence electrons. The number of thiophene rings is 1. The van der Waals surface area contributed by atoms with Gasteiger partial charge >= 0.3 is 0 Å². The Morgan fingerprint density at radius 2 is 1.93 bits per heavy atom. The first-order valence-electron chi connectivity index (χ1n) is 8.28. The molecule has 0 radical (unpaired) electrons. The van der Waals surface area contributed by atoms with Crippen molar-refractivity contribution in [1.29, 1.82) is 0 Å². The second-order valence-corrected chi connectivity index (χ2v) is 7.42. The van der Waals surface area contributed by atoms with Crippen molar-refractivity contribution in [1.82, 2.24) is 15.2 Å². The predicted octanol–water partition coefficient (Wildman–Crippen LogP) is 4.78. The summed E-state index contributed by atoms with van der Waals surface area (Å²) in [5, 5.41) is 7.80. The first kappa shape index (κ1) is 17.6. The molecule has 1 aliphatic carbocycles. The van der Waals surface area contributed by atoms with Crippen molar-refractivity contribution in [3.05, 3.63) is 59.2 Å². The van der Waals surface area contributed by atoms with Crippen LogP contribution in [0.15, 0.2) is 48.8 Å². The Balaban J connectivity index is 0.00000180. The van der Waals surface area contributed by atoms with Crippen molar-refractivity contribution in [2.24, 2.45) is 0 Å². The molecule has 0 bridgehead atoms. The molecule has 5 nitrogen and oxygen atoms in total. The highest BCUT2D eigenvalue weighted by molar-refractivity contribution is 7.16. The van der Waals surface area contributed by atoms with E-state index in [4.69, 9.17) is 10.5 Å². The Morgan fingerprint density at radius 3 is 2.67 bits per heavy atom. The van der Waals surface area contributed by atoms with E-state index >= 15 is 0 Å². The quantitative estimate of drug-likeness (QED) is 0.460. The van der Waals surface area contributed by atoms with Gasteiger partial charge in [0.2, 0.25) is 0 Å². The molecule has 1 aromatic carbocycles. The van der Waals surface area contributed by atoms with Gasteiger partial charge in [-0.2, -0.15) is 5.10 Å². The maximum atomic E-state index is 5.87. The van der Waals surface area contributed by atoms with E-state index in [0.717, 1.165) is 34.7 Å². The van der Waals surface area contributed by atoms with E-state index in [1.807, 2.05) is 36.5 Å². The van der Waals surface area contributed by atoms with Crippen LogP contribution in [0.1, 0.15) is 10.4 Å². The highest BCUT2D eigenvalue weighted by atomic mass is 35.5. The summed E-state index contributed by atoms with van der Waals surface area (Å²) in [4.78, 5) is 6.73. The zero-order valence-electron chi connectivity index (χ0n) is 14.5. The Morgan fingerprint density at radius 1 is 1.11 bits per heavy atom. The SMILES string of the molecule is COc1ccc(-c2n[nH]c3c2Cc2sc(-c4cncc(N)c4)cc2-3)cc1.Cl. The molecule has 0 amide bonds. The van der Waals surface area contributed by atoms with Gasteiger partial charge in [-0.05, 0) is 36.4 Å². The molecular formula is C20H17ClN4OS. The van der Waals surface area contributed by atoms with Crippen LogP contribution in [0.25, 0.3) is 33.0 Å². The van der Waals surface area contributed by atoms with E-state index in [1.54, 1.807) is 24.6 Å². The summed E-state index contributed by atoms with van der Waals surface area (Å²) in [6, 6.07) is 12.2. The average molecular weight is 397 g/mol. The van der Waals surface area contributed by atoms with Crippen molar-refractivity contribution in [3.63, 3.8) is 0 Å². The molecule has 0 fully saturated rings. The number of nitrogens with one attached hydrogen (secondary N) is 1. The normalized spacial score (nSPS) is 11.6. The molecule has 0 unspecified atom stereocenters. The van der Waals surface area contributed by atoms with Crippen molar-refractivity contribution in [2.45, 2.75) is 6.42 Å². The second-order valence-electron chi connectivity index (χ2n) is 6.29. The number of fused-ring (bicyclic) bond motifs is 3. The number of benzene rings is 1. The third kappa shape index (κ3) is 2.87. The number of aromatic amines is 1. The van der Waals surface area contributed by atoms with E-state index in [0.29, 0.717) is 5.69 Å². The first-order chi connectivity index (χ1) is 12.7. The van der Waals surface area contributed by atoms with E-state index in [-0.39, 0.29) is 12.4 Å². The van der Waals surface area contributed by atoms with Gasteiger partial charge in [-0.15, -0.1) is 23.7 Å². The lowest BCUT2D eigenvalue weighted by Gasteiger charge is -2.03. The molecule has 0 atom stereocenters. The summed E-state index contributed by atoms with van der Waals surface area (Å²) in [5.41, 5.74) is 13.3. The monoisotopic (exact) mass is 396 g/mol. The zero-order valence-corrected chi connectivity index (χ0v) is 16.2. The first-order valence-corrected chi connectivity index (χ1v) is 9.10. The van der Waals surface area contributed by atoms with Crippen molar-refractivity contribution >= 4 is 29.4 Å². The molecule has 3 N–H and O–H groups in total. The largest absolute Gasteiger partial charge is 0.497 e. The molecule has 0 saturated carbocycles. The third-order valence-corrected chi connectivity index (χ3v) is 5.87. The van der Waals surface area contributed by atoms with Crippen LogP contribution in [0.5, 0.6) is 5.75 Å². The van der Waals surface area contributed by atoms with Gasteiger partial charge in [0.05, 0.1) is 24.2 Å². The molecule has 5 rings (SSSR count). The van der Waals surface area contributed by atoms with Crippen LogP contribution in [0.4, 0.5) is 5.69 Å². The lowest BCUT2D eigenvalue weighted by molar-refractivity contribution is 0.415.